The largest absolute Gasteiger partial charge is 0.356 e. The van der Waals surface area contributed by atoms with Gasteiger partial charge in [0.05, 0.1) is 5.75 Å². The fraction of sp³-hybridized carbons (Fsp3) is 0.900. The van der Waals surface area contributed by atoms with E-state index < -0.39 is 9.84 Å². The minimum atomic E-state index is -3.03. The third-order valence-electron chi connectivity index (χ3n) is 2.39. The first-order valence-corrected chi connectivity index (χ1v) is 7.71. The highest BCUT2D eigenvalue weighted by Gasteiger charge is 2.19. The molecule has 16 heavy (non-hydrogen) atoms. The summed E-state index contributed by atoms with van der Waals surface area (Å²) in [4.78, 5) is 11.2. The van der Waals surface area contributed by atoms with Gasteiger partial charge in [0.1, 0.15) is 9.84 Å². The highest BCUT2D eigenvalue weighted by atomic mass is 32.2. The van der Waals surface area contributed by atoms with Crippen molar-refractivity contribution < 1.29 is 13.2 Å². The predicted octanol–water partition coefficient (Wildman–Crippen LogP) is -0.321. The SMILES string of the molecule is CS(=O)(=O)CCC(=O)NCCCNC1CC1. The molecule has 0 atom stereocenters. The van der Waals surface area contributed by atoms with Gasteiger partial charge >= 0.3 is 0 Å². The number of hydrogen-bond acceptors (Lipinski definition) is 4. The third kappa shape index (κ3) is 7.64. The topological polar surface area (TPSA) is 75.3 Å². The van der Waals surface area contributed by atoms with E-state index >= 15 is 0 Å². The highest BCUT2D eigenvalue weighted by Crippen LogP contribution is 2.18. The lowest BCUT2D eigenvalue weighted by Crippen LogP contribution is -2.29. The molecule has 0 spiro atoms. The average molecular weight is 248 g/mol. The number of carbonyl (C=O) groups excluding carboxylic acids is 1. The Morgan fingerprint density at radius 2 is 2.00 bits per heavy atom. The summed E-state index contributed by atoms with van der Waals surface area (Å²) in [6.45, 7) is 1.53. The first kappa shape index (κ1) is 13.4. The van der Waals surface area contributed by atoms with Crippen LogP contribution in [0.25, 0.3) is 0 Å². The van der Waals surface area contributed by atoms with E-state index in [9.17, 15) is 13.2 Å². The lowest BCUT2D eigenvalue weighted by molar-refractivity contribution is -0.120. The molecule has 0 aromatic rings. The first-order chi connectivity index (χ1) is 7.47. The maximum Gasteiger partial charge on any atom is 0.221 e. The summed E-state index contributed by atoms with van der Waals surface area (Å²) in [6.07, 6.45) is 4.62. The quantitative estimate of drug-likeness (QED) is 0.577. The number of carbonyl (C=O) groups is 1. The molecule has 0 unspecified atom stereocenters. The van der Waals surface area contributed by atoms with Crippen molar-refractivity contribution >= 4 is 15.7 Å². The summed E-state index contributed by atoms with van der Waals surface area (Å²) in [5.74, 6) is -0.254. The van der Waals surface area contributed by atoms with Gasteiger partial charge in [-0.3, -0.25) is 4.79 Å². The maximum absolute atomic E-state index is 11.2. The van der Waals surface area contributed by atoms with Crippen molar-refractivity contribution in [2.75, 3.05) is 25.1 Å². The van der Waals surface area contributed by atoms with E-state index in [-0.39, 0.29) is 18.1 Å². The van der Waals surface area contributed by atoms with Crippen LogP contribution in [0.15, 0.2) is 0 Å². The molecule has 0 saturated heterocycles. The minimum absolute atomic E-state index is 0.0644. The van der Waals surface area contributed by atoms with Gasteiger partial charge in [0.15, 0.2) is 0 Å². The molecule has 0 heterocycles. The maximum atomic E-state index is 11.2. The molecule has 1 rings (SSSR count). The van der Waals surface area contributed by atoms with E-state index in [4.69, 9.17) is 0 Å². The summed E-state index contributed by atoms with van der Waals surface area (Å²) in [5, 5.41) is 6.05. The smallest absolute Gasteiger partial charge is 0.221 e. The van der Waals surface area contributed by atoms with E-state index in [2.05, 4.69) is 10.6 Å². The van der Waals surface area contributed by atoms with Crippen molar-refractivity contribution in [3.63, 3.8) is 0 Å². The molecule has 0 radical (unpaired) electrons. The molecule has 0 aliphatic heterocycles. The van der Waals surface area contributed by atoms with Crippen LogP contribution in [0.5, 0.6) is 0 Å². The molecule has 0 bridgehead atoms. The second-order valence-corrected chi connectivity index (χ2v) is 6.57. The summed E-state index contributed by atoms with van der Waals surface area (Å²) >= 11 is 0. The van der Waals surface area contributed by atoms with Crippen molar-refractivity contribution in [3.05, 3.63) is 0 Å². The van der Waals surface area contributed by atoms with Crippen molar-refractivity contribution in [2.45, 2.75) is 31.7 Å². The summed E-state index contributed by atoms with van der Waals surface area (Å²) in [5.41, 5.74) is 0. The molecule has 2 N–H and O–H groups in total. The second kappa shape index (κ2) is 6.20. The number of hydrogen-bond donors (Lipinski definition) is 2. The average Bonchev–Trinajstić information content (AvgIpc) is 2.97. The number of amides is 1. The van der Waals surface area contributed by atoms with Crippen LogP contribution in [0.3, 0.4) is 0 Å². The molecular formula is C10H20N2O3S. The Labute approximate surface area is 96.9 Å². The van der Waals surface area contributed by atoms with Crippen molar-refractivity contribution in [3.8, 4) is 0 Å². The van der Waals surface area contributed by atoms with Gasteiger partial charge in [0.25, 0.3) is 0 Å². The van der Waals surface area contributed by atoms with Gasteiger partial charge in [-0.2, -0.15) is 0 Å². The van der Waals surface area contributed by atoms with Crippen LogP contribution in [0.4, 0.5) is 0 Å². The lowest BCUT2D eigenvalue weighted by Gasteiger charge is -2.05. The van der Waals surface area contributed by atoms with Gasteiger partial charge in [-0.15, -0.1) is 0 Å². The van der Waals surface area contributed by atoms with E-state index in [0.29, 0.717) is 12.6 Å². The Kier molecular flexibility index (Phi) is 5.21. The Bertz CT molecular complexity index is 323. The molecule has 1 aliphatic carbocycles. The van der Waals surface area contributed by atoms with Crippen LogP contribution in [0.2, 0.25) is 0 Å². The fourth-order valence-corrected chi connectivity index (χ4v) is 1.83. The van der Waals surface area contributed by atoms with Gasteiger partial charge < -0.3 is 10.6 Å². The standard InChI is InChI=1S/C10H20N2O3S/c1-16(14,15)8-5-10(13)12-7-2-6-11-9-3-4-9/h9,11H,2-8H2,1H3,(H,12,13). The molecule has 94 valence electrons. The molecule has 6 heteroatoms. The molecule has 1 aliphatic rings. The third-order valence-corrected chi connectivity index (χ3v) is 3.33. The van der Waals surface area contributed by atoms with Gasteiger partial charge in [-0.05, 0) is 25.8 Å². The summed E-state index contributed by atoms with van der Waals surface area (Å²) in [6, 6.07) is 0.695. The van der Waals surface area contributed by atoms with Crippen LogP contribution in [-0.4, -0.2) is 45.5 Å². The monoisotopic (exact) mass is 248 g/mol. The minimum Gasteiger partial charge on any atom is -0.356 e. The van der Waals surface area contributed by atoms with Gasteiger partial charge in [0, 0.05) is 25.3 Å². The number of rotatable bonds is 8. The fourth-order valence-electron chi connectivity index (χ4n) is 1.28. The normalized spacial score (nSPS) is 16.1. The summed E-state index contributed by atoms with van der Waals surface area (Å²) < 4.78 is 21.6. The van der Waals surface area contributed by atoms with Crippen molar-refractivity contribution in [1.29, 1.82) is 0 Å². The van der Waals surface area contributed by atoms with E-state index in [1.807, 2.05) is 0 Å². The molecule has 1 saturated carbocycles. The number of sulfone groups is 1. The van der Waals surface area contributed by atoms with Gasteiger partial charge in [-0.1, -0.05) is 0 Å². The van der Waals surface area contributed by atoms with Crippen LogP contribution in [0, 0.1) is 0 Å². The molecule has 0 aromatic heterocycles. The zero-order valence-electron chi connectivity index (χ0n) is 9.66. The second-order valence-electron chi connectivity index (χ2n) is 4.31. The Balaban J connectivity index is 1.92. The van der Waals surface area contributed by atoms with E-state index in [1.165, 1.54) is 12.8 Å². The Morgan fingerprint density at radius 1 is 1.31 bits per heavy atom. The van der Waals surface area contributed by atoms with Crippen LogP contribution in [-0.2, 0) is 14.6 Å². The molecule has 0 aromatic carbocycles. The Hall–Kier alpha value is -0.620. The molecule has 1 fully saturated rings. The van der Waals surface area contributed by atoms with Crippen LogP contribution >= 0.6 is 0 Å². The van der Waals surface area contributed by atoms with Gasteiger partial charge in [-0.25, -0.2) is 8.42 Å². The molecule has 5 nitrogen and oxygen atoms in total. The highest BCUT2D eigenvalue weighted by molar-refractivity contribution is 7.90. The first-order valence-electron chi connectivity index (χ1n) is 5.65. The number of nitrogens with one attached hydrogen (secondary N) is 2. The molecule has 1 amide bonds. The zero-order valence-corrected chi connectivity index (χ0v) is 10.5. The molecular weight excluding hydrogens is 228 g/mol. The van der Waals surface area contributed by atoms with Gasteiger partial charge in [0.2, 0.25) is 5.91 Å². The zero-order chi connectivity index (χ0) is 12.0. The van der Waals surface area contributed by atoms with E-state index in [0.717, 1.165) is 19.2 Å². The summed E-state index contributed by atoms with van der Waals surface area (Å²) in [7, 11) is -3.03. The van der Waals surface area contributed by atoms with E-state index in [1.54, 1.807) is 0 Å². The predicted molar refractivity (Wildman–Crippen MR) is 63.0 cm³/mol. The lowest BCUT2D eigenvalue weighted by atomic mass is 10.4. The van der Waals surface area contributed by atoms with Crippen LogP contribution in [0.1, 0.15) is 25.7 Å². The van der Waals surface area contributed by atoms with Crippen molar-refractivity contribution in [2.24, 2.45) is 0 Å². The Morgan fingerprint density at radius 3 is 2.56 bits per heavy atom. The van der Waals surface area contributed by atoms with Crippen molar-refractivity contribution in [1.82, 2.24) is 10.6 Å². The van der Waals surface area contributed by atoms with Crippen LogP contribution < -0.4 is 10.6 Å².